The molecule has 0 aliphatic heterocycles. The van der Waals surface area contributed by atoms with Crippen molar-refractivity contribution >= 4 is 40.4 Å². The molecule has 1 aromatic carbocycles. The highest BCUT2D eigenvalue weighted by atomic mass is 35.5. The van der Waals surface area contributed by atoms with Crippen LogP contribution in [0.2, 0.25) is 10.4 Å². The zero-order chi connectivity index (χ0) is 14.8. The van der Waals surface area contributed by atoms with Gasteiger partial charge in [0.2, 0.25) is 5.28 Å². The normalized spacial score (nSPS) is 11.6. The summed E-state index contributed by atoms with van der Waals surface area (Å²) in [4.78, 5) is 12.3. The van der Waals surface area contributed by atoms with E-state index in [0.717, 1.165) is 0 Å². The Labute approximate surface area is 132 Å². The molecule has 0 unspecified atom stereocenters. The molecule has 2 aromatic heterocycles. The van der Waals surface area contributed by atoms with Crippen molar-refractivity contribution in [3.8, 4) is 0 Å². The van der Waals surface area contributed by atoms with Crippen LogP contribution in [0, 0.1) is 6.92 Å². The highest BCUT2D eigenvalue weighted by Gasteiger charge is 2.09. The van der Waals surface area contributed by atoms with Gasteiger partial charge in [0, 0.05) is 6.54 Å². The lowest BCUT2D eigenvalue weighted by Gasteiger charge is -2.01. The minimum Gasteiger partial charge on any atom is -0.311 e. The Kier molecular flexibility index (Phi) is 3.90. The minimum atomic E-state index is 0.122. The Bertz CT molecular complexity index is 824. The molecule has 0 bridgehead atoms. The first-order valence-corrected chi connectivity index (χ1v) is 7.17. The van der Waals surface area contributed by atoms with Crippen LogP contribution in [-0.2, 0) is 6.54 Å². The average Bonchev–Trinajstić information content (AvgIpc) is 2.84. The van der Waals surface area contributed by atoms with Crippen LogP contribution in [0.15, 0.2) is 36.7 Å². The summed E-state index contributed by atoms with van der Waals surface area (Å²) in [5.41, 5.74) is 3.62. The largest absolute Gasteiger partial charge is 0.311 e. The number of aromatic nitrogens is 4. The number of hydrogen-bond donors (Lipinski definition) is 0. The lowest BCUT2D eigenvalue weighted by Crippen LogP contribution is -1.96. The van der Waals surface area contributed by atoms with Crippen molar-refractivity contribution < 1.29 is 0 Å². The average molecular weight is 319 g/mol. The maximum absolute atomic E-state index is 6.00. The molecule has 4 nitrogen and oxygen atoms in total. The molecule has 0 N–H and O–H groups in total. The molecule has 0 atom stereocenters. The molecule has 6 heteroatoms. The van der Waals surface area contributed by atoms with E-state index in [1.165, 1.54) is 11.1 Å². The van der Waals surface area contributed by atoms with Crippen LogP contribution in [0.5, 0.6) is 0 Å². The second kappa shape index (κ2) is 5.84. The first-order valence-electron chi connectivity index (χ1n) is 6.41. The summed E-state index contributed by atoms with van der Waals surface area (Å²) >= 11 is 11.8. The van der Waals surface area contributed by atoms with Gasteiger partial charge in [-0.15, -0.1) is 0 Å². The number of nitrogens with zero attached hydrogens (tertiary/aromatic N) is 4. The lowest BCUT2D eigenvalue weighted by atomic mass is 10.1. The van der Waals surface area contributed by atoms with Crippen molar-refractivity contribution in [2.45, 2.75) is 13.5 Å². The van der Waals surface area contributed by atoms with E-state index in [0.29, 0.717) is 17.7 Å². The Hall–Kier alpha value is -1.91. The predicted molar refractivity (Wildman–Crippen MR) is 85.6 cm³/mol. The number of hydrogen-bond acceptors (Lipinski definition) is 3. The van der Waals surface area contributed by atoms with Gasteiger partial charge in [-0.05, 0) is 29.7 Å². The van der Waals surface area contributed by atoms with E-state index >= 15 is 0 Å². The fourth-order valence-electron chi connectivity index (χ4n) is 2.09. The van der Waals surface area contributed by atoms with E-state index in [-0.39, 0.29) is 10.4 Å². The maximum atomic E-state index is 6.00. The van der Waals surface area contributed by atoms with Crippen molar-refractivity contribution in [3.05, 3.63) is 58.2 Å². The Balaban J connectivity index is 1.88. The van der Waals surface area contributed by atoms with Crippen LogP contribution in [0.4, 0.5) is 0 Å². The molecule has 0 aliphatic rings. The standard InChI is InChI=1S/C15H12Cl2N4/c1-10-5-2-3-6-11(10)7-4-8-21-9-18-12-13(16)19-15(17)20-14(12)21/h2-7,9H,8H2,1H3/b7-4+. The van der Waals surface area contributed by atoms with E-state index in [2.05, 4.69) is 40.1 Å². The van der Waals surface area contributed by atoms with Gasteiger partial charge in [0.25, 0.3) is 0 Å². The van der Waals surface area contributed by atoms with Crippen molar-refractivity contribution in [2.24, 2.45) is 0 Å². The van der Waals surface area contributed by atoms with Crippen LogP contribution in [0.3, 0.4) is 0 Å². The van der Waals surface area contributed by atoms with Gasteiger partial charge >= 0.3 is 0 Å². The summed E-state index contributed by atoms with van der Waals surface area (Å²) in [7, 11) is 0. The molecular weight excluding hydrogens is 307 g/mol. The highest BCUT2D eigenvalue weighted by Crippen LogP contribution is 2.20. The van der Waals surface area contributed by atoms with E-state index in [9.17, 15) is 0 Å². The van der Waals surface area contributed by atoms with Crippen molar-refractivity contribution in [2.75, 3.05) is 0 Å². The smallest absolute Gasteiger partial charge is 0.225 e. The van der Waals surface area contributed by atoms with Gasteiger partial charge in [0.1, 0.15) is 5.52 Å². The molecule has 0 saturated carbocycles. The monoisotopic (exact) mass is 318 g/mol. The molecule has 0 amide bonds. The summed E-state index contributed by atoms with van der Waals surface area (Å²) in [6, 6.07) is 8.20. The first kappa shape index (κ1) is 14.0. The number of halogens is 2. The third kappa shape index (κ3) is 2.91. The molecule has 0 spiro atoms. The molecule has 0 radical (unpaired) electrons. The van der Waals surface area contributed by atoms with Crippen LogP contribution in [0.25, 0.3) is 17.2 Å². The van der Waals surface area contributed by atoms with Crippen LogP contribution >= 0.6 is 23.2 Å². The lowest BCUT2D eigenvalue weighted by molar-refractivity contribution is 0.839. The van der Waals surface area contributed by atoms with Crippen molar-refractivity contribution in [1.29, 1.82) is 0 Å². The highest BCUT2D eigenvalue weighted by molar-refractivity contribution is 6.35. The molecule has 0 aliphatic carbocycles. The minimum absolute atomic E-state index is 0.122. The Morgan fingerprint density at radius 1 is 1.19 bits per heavy atom. The number of imidazole rings is 1. The topological polar surface area (TPSA) is 43.6 Å². The van der Waals surface area contributed by atoms with Gasteiger partial charge < -0.3 is 4.57 Å². The summed E-state index contributed by atoms with van der Waals surface area (Å²) < 4.78 is 1.88. The third-order valence-corrected chi connectivity index (χ3v) is 3.61. The van der Waals surface area contributed by atoms with Crippen LogP contribution < -0.4 is 0 Å². The summed E-state index contributed by atoms with van der Waals surface area (Å²) in [6.45, 7) is 2.72. The summed E-state index contributed by atoms with van der Waals surface area (Å²) in [6.07, 6.45) is 5.81. The van der Waals surface area contributed by atoms with E-state index in [1.54, 1.807) is 6.33 Å². The predicted octanol–water partition coefficient (Wildman–Crippen LogP) is 4.15. The van der Waals surface area contributed by atoms with Crippen molar-refractivity contribution in [1.82, 2.24) is 19.5 Å². The molecule has 0 saturated heterocycles. The molecular formula is C15H12Cl2N4. The molecule has 21 heavy (non-hydrogen) atoms. The molecule has 3 rings (SSSR count). The van der Waals surface area contributed by atoms with Gasteiger partial charge in [-0.1, -0.05) is 48.0 Å². The number of allylic oxidation sites excluding steroid dienone is 1. The van der Waals surface area contributed by atoms with E-state index in [4.69, 9.17) is 23.2 Å². The SMILES string of the molecule is Cc1ccccc1/C=C/Cn1cnc2c(Cl)nc(Cl)nc21. The fourth-order valence-corrected chi connectivity index (χ4v) is 2.51. The molecule has 0 fully saturated rings. The van der Waals surface area contributed by atoms with E-state index < -0.39 is 0 Å². The molecule has 3 aromatic rings. The zero-order valence-electron chi connectivity index (χ0n) is 11.3. The quantitative estimate of drug-likeness (QED) is 0.538. The van der Waals surface area contributed by atoms with Gasteiger partial charge in [0.15, 0.2) is 10.8 Å². The van der Waals surface area contributed by atoms with Gasteiger partial charge in [0.05, 0.1) is 6.33 Å². The second-order valence-corrected chi connectivity index (χ2v) is 5.31. The van der Waals surface area contributed by atoms with Crippen molar-refractivity contribution in [3.63, 3.8) is 0 Å². The Morgan fingerprint density at radius 2 is 2.00 bits per heavy atom. The third-order valence-electron chi connectivity index (χ3n) is 3.18. The summed E-state index contributed by atoms with van der Waals surface area (Å²) in [5, 5.41) is 0.392. The van der Waals surface area contributed by atoms with Gasteiger partial charge in [-0.25, -0.2) is 9.97 Å². The summed E-state index contributed by atoms with van der Waals surface area (Å²) in [5.74, 6) is 0. The van der Waals surface area contributed by atoms with Crippen LogP contribution in [0.1, 0.15) is 11.1 Å². The zero-order valence-corrected chi connectivity index (χ0v) is 12.8. The molecule has 2 heterocycles. The number of fused-ring (bicyclic) bond motifs is 1. The van der Waals surface area contributed by atoms with E-state index in [1.807, 2.05) is 22.8 Å². The first-order chi connectivity index (χ1) is 10.1. The fraction of sp³-hybridized carbons (Fsp3) is 0.133. The van der Waals surface area contributed by atoms with Gasteiger partial charge in [-0.3, -0.25) is 0 Å². The van der Waals surface area contributed by atoms with Gasteiger partial charge in [-0.2, -0.15) is 4.98 Å². The second-order valence-electron chi connectivity index (χ2n) is 4.61. The maximum Gasteiger partial charge on any atom is 0.225 e. The number of aryl methyl sites for hydroxylation is 1. The Morgan fingerprint density at radius 3 is 2.81 bits per heavy atom. The number of benzene rings is 1. The molecule has 106 valence electrons. The number of rotatable bonds is 3. The van der Waals surface area contributed by atoms with Crippen LogP contribution in [-0.4, -0.2) is 19.5 Å².